The van der Waals surface area contributed by atoms with Crippen molar-refractivity contribution >= 4 is 39.3 Å². The molecule has 3 amide bonds. The minimum absolute atomic E-state index is 0.0132. The number of hydrogen-bond donors (Lipinski definition) is 1. The Balaban J connectivity index is 1.64. The van der Waals surface area contributed by atoms with Crippen molar-refractivity contribution in [2.24, 2.45) is 0 Å². The maximum absolute atomic E-state index is 13.2. The van der Waals surface area contributed by atoms with Crippen LogP contribution in [0.25, 0.3) is 10.2 Å². The average Bonchev–Trinajstić information content (AvgIpc) is 3.34. The summed E-state index contributed by atoms with van der Waals surface area (Å²) in [6.45, 7) is 4.42. The fourth-order valence-electron chi connectivity index (χ4n) is 3.53. The molecule has 3 aromatic rings. The van der Waals surface area contributed by atoms with Crippen molar-refractivity contribution < 1.29 is 18.8 Å². The standard InChI is InChI=1S/C20H19FN4O3S/c1-3-24(15-9-17(26)22-18(15)27)19(28)16-8-14-11(2)23-25(20(14)29-16)10-12-4-6-13(21)7-5-12/h4-8,15H,3,9-10H2,1-2H3,(H,22,26,27)/t15-/m0/s1. The first-order valence-corrected chi connectivity index (χ1v) is 10.0. The Morgan fingerprint density at radius 1 is 1.34 bits per heavy atom. The Morgan fingerprint density at radius 3 is 2.69 bits per heavy atom. The van der Waals surface area contributed by atoms with Crippen LogP contribution in [0.5, 0.6) is 0 Å². The van der Waals surface area contributed by atoms with E-state index >= 15 is 0 Å². The van der Waals surface area contributed by atoms with Gasteiger partial charge in [-0.1, -0.05) is 12.1 Å². The summed E-state index contributed by atoms with van der Waals surface area (Å²) in [6, 6.07) is 7.21. The SMILES string of the molecule is CCN(C(=O)c1cc2c(C)nn(Cc3ccc(F)cc3)c2s1)[C@H]1CC(=O)NC1=O. The third-order valence-corrected chi connectivity index (χ3v) is 6.12. The highest BCUT2D eigenvalue weighted by Crippen LogP contribution is 2.30. The number of likely N-dealkylation sites (N-methyl/N-ethyl adjacent to an activating group) is 1. The number of benzene rings is 1. The molecule has 1 aliphatic rings. The molecule has 0 spiro atoms. The van der Waals surface area contributed by atoms with Gasteiger partial charge in [0.15, 0.2) is 0 Å². The predicted molar refractivity (Wildman–Crippen MR) is 106 cm³/mol. The molecule has 2 aromatic heterocycles. The molecule has 0 bridgehead atoms. The molecule has 0 saturated carbocycles. The van der Waals surface area contributed by atoms with Crippen LogP contribution >= 0.6 is 11.3 Å². The molecule has 1 fully saturated rings. The Morgan fingerprint density at radius 2 is 2.07 bits per heavy atom. The van der Waals surface area contributed by atoms with Crippen molar-refractivity contribution in [1.29, 1.82) is 0 Å². The molecule has 1 aromatic carbocycles. The highest BCUT2D eigenvalue weighted by Gasteiger charge is 2.37. The number of imide groups is 1. The molecule has 7 nitrogen and oxygen atoms in total. The first kappa shape index (κ1) is 19.3. The smallest absolute Gasteiger partial charge is 0.264 e. The van der Waals surface area contributed by atoms with Gasteiger partial charge in [0.25, 0.3) is 5.91 Å². The Bertz CT molecular complexity index is 1120. The summed E-state index contributed by atoms with van der Waals surface area (Å²) in [5.41, 5.74) is 1.68. The molecule has 1 N–H and O–H groups in total. The van der Waals surface area contributed by atoms with E-state index in [1.807, 2.05) is 6.92 Å². The highest BCUT2D eigenvalue weighted by atomic mass is 32.1. The van der Waals surface area contributed by atoms with Crippen molar-refractivity contribution in [1.82, 2.24) is 20.0 Å². The van der Waals surface area contributed by atoms with E-state index in [0.717, 1.165) is 21.5 Å². The number of halogens is 1. The number of amides is 3. The third-order valence-electron chi connectivity index (χ3n) is 4.99. The zero-order valence-electron chi connectivity index (χ0n) is 15.9. The Labute approximate surface area is 170 Å². The lowest BCUT2D eigenvalue weighted by atomic mass is 10.2. The average molecular weight is 414 g/mol. The topological polar surface area (TPSA) is 84.3 Å². The van der Waals surface area contributed by atoms with Gasteiger partial charge in [-0.15, -0.1) is 11.3 Å². The molecule has 1 atom stereocenters. The van der Waals surface area contributed by atoms with Crippen LogP contribution in [0.3, 0.4) is 0 Å². The van der Waals surface area contributed by atoms with E-state index in [9.17, 15) is 18.8 Å². The fraction of sp³-hybridized carbons (Fsp3) is 0.300. The first-order valence-electron chi connectivity index (χ1n) is 9.23. The Hall–Kier alpha value is -3.07. The van der Waals surface area contributed by atoms with Crippen LogP contribution < -0.4 is 5.32 Å². The maximum atomic E-state index is 13.2. The quantitative estimate of drug-likeness (QED) is 0.650. The molecule has 0 aliphatic carbocycles. The molecular weight excluding hydrogens is 395 g/mol. The van der Waals surface area contributed by atoms with Crippen LogP contribution in [-0.2, 0) is 16.1 Å². The second-order valence-corrected chi connectivity index (χ2v) is 7.95. The number of aromatic nitrogens is 2. The molecule has 29 heavy (non-hydrogen) atoms. The van der Waals surface area contributed by atoms with Crippen molar-refractivity contribution in [2.45, 2.75) is 32.9 Å². The summed E-state index contributed by atoms with van der Waals surface area (Å²) < 4.78 is 14.9. The zero-order chi connectivity index (χ0) is 20.7. The summed E-state index contributed by atoms with van der Waals surface area (Å²) in [5.74, 6) is -1.39. The van der Waals surface area contributed by atoms with E-state index in [4.69, 9.17) is 0 Å². The van der Waals surface area contributed by atoms with Crippen LogP contribution in [0.4, 0.5) is 4.39 Å². The number of fused-ring (bicyclic) bond motifs is 1. The number of hydrogen-bond acceptors (Lipinski definition) is 5. The van der Waals surface area contributed by atoms with E-state index in [-0.39, 0.29) is 24.1 Å². The number of nitrogens with one attached hydrogen (secondary N) is 1. The lowest BCUT2D eigenvalue weighted by molar-refractivity contribution is -0.126. The minimum atomic E-state index is -0.776. The van der Waals surface area contributed by atoms with E-state index < -0.39 is 11.9 Å². The summed E-state index contributed by atoms with van der Waals surface area (Å²) >= 11 is 1.30. The van der Waals surface area contributed by atoms with Crippen molar-refractivity contribution in [2.75, 3.05) is 6.54 Å². The second-order valence-electron chi connectivity index (χ2n) is 6.92. The van der Waals surface area contributed by atoms with Gasteiger partial charge in [0.05, 0.1) is 23.5 Å². The second kappa shape index (κ2) is 7.40. The van der Waals surface area contributed by atoms with Gasteiger partial charge in [0.1, 0.15) is 16.7 Å². The van der Waals surface area contributed by atoms with Crippen LogP contribution in [0.1, 0.15) is 34.3 Å². The maximum Gasteiger partial charge on any atom is 0.264 e. The van der Waals surface area contributed by atoms with Crippen molar-refractivity contribution in [3.05, 3.63) is 52.3 Å². The zero-order valence-corrected chi connectivity index (χ0v) is 16.8. The lowest BCUT2D eigenvalue weighted by Gasteiger charge is -2.24. The van der Waals surface area contributed by atoms with E-state index in [2.05, 4.69) is 10.4 Å². The van der Waals surface area contributed by atoms with Gasteiger partial charge in [-0.05, 0) is 37.6 Å². The van der Waals surface area contributed by atoms with Crippen LogP contribution in [0.2, 0.25) is 0 Å². The highest BCUT2D eigenvalue weighted by molar-refractivity contribution is 7.20. The normalized spacial score (nSPS) is 16.4. The molecule has 9 heteroatoms. The molecule has 3 heterocycles. The predicted octanol–water partition coefficient (Wildman–Crippen LogP) is 2.47. The van der Waals surface area contributed by atoms with E-state index in [1.54, 1.807) is 29.8 Å². The van der Waals surface area contributed by atoms with Gasteiger partial charge in [-0.2, -0.15) is 5.10 Å². The summed E-state index contributed by atoms with van der Waals surface area (Å²) in [7, 11) is 0. The largest absolute Gasteiger partial charge is 0.326 e. The number of nitrogens with zero attached hydrogens (tertiary/aromatic N) is 3. The van der Waals surface area contributed by atoms with Crippen LogP contribution in [0.15, 0.2) is 30.3 Å². The lowest BCUT2D eigenvalue weighted by Crippen LogP contribution is -2.44. The summed E-state index contributed by atoms with van der Waals surface area (Å²) in [4.78, 5) is 39.4. The van der Waals surface area contributed by atoms with Gasteiger partial charge >= 0.3 is 0 Å². The van der Waals surface area contributed by atoms with Crippen molar-refractivity contribution in [3.8, 4) is 0 Å². The molecule has 0 unspecified atom stereocenters. The molecule has 150 valence electrons. The van der Waals surface area contributed by atoms with Crippen molar-refractivity contribution in [3.63, 3.8) is 0 Å². The number of carbonyl (C=O) groups excluding carboxylic acids is 3. The number of thiophene rings is 1. The monoisotopic (exact) mass is 414 g/mol. The molecule has 4 rings (SSSR count). The number of aryl methyl sites for hydroxylation is 1. The van der Waals surface area contributed by atoms with Gasteiger partial charge in [0, 0.05) is 11.9 Å². The fourth-order valence-corrected chi connectivity index (χ4v) is 4.64. The van der Waals surface area contributed by atoms with Crippen LogP contribution in [-0.4, -0.2) is 45.0 Å². The minimum Gasteiger partial charge on any atom is -0.326 e. The number of rotatable bonds is 5. The summed E-state index contributed by atoms with van der Waals surface area (Å²) in [5, 5.41) is 7.65. The van der Waals surface area contributed by atoms with Gasteiger partial charge in [-0.3, -0.25) is 24.4 Å². The number of carbonyl (C=O) groups is 3. The Kier molecular flexibility index (Phi) is 4.91. The van der Waals surface area contributed by atoms with E-state index in [1.165, 1.54) is 28.4 Å². The molecular formula is C20H19FN4O3S. The van der Waals surface area contributed by atoms with Crippen LogP contribution in [0, 0.1) is 12.7 Å². The molecule has 1 saturated heterocycles. The summed E-state index contributed by atoms with van der Waals surface area (Å²) in [6.07, 6.45) is -0.0132. The van der Waals surface area contributed by atoms with Gasteiger partial charge < -0.3 is 4.90 Å². The van der Waals surface area contributed by atoms with Gasteiger partial charge in [-0.25, -0.2) is 4.39 Å². The van der Waals surface area contributed by atoms with E-state index in [0.29, 0.717) is 18.0 Å². The van der Waals surface area contributed by atoms with Gasteiger partial charge in [0.2, 0.25) is 11.8 Å². The molecule has 1 aliphatic heterocycles. The third kappa shape index (κ3) is 3.53. The first-order chi connectivity index (χ1) is 13.9. The molecule has 0 radical (unpaired) electrons.